The highest BCUT2D eigenvalue weighted by Gasteiger charge is 2.12. The van der Waals surface area contributed by atoms with Crippen LogP contribution in [-0.2, 0) is 12.8 Å². The van der Waals surface area contributed by atoms with Crippen molar-refractivity contribution < 1.29 is 13.9 Å². The van der Waals surface area contributed by atoms with E-state index in [0.29, 0.717) is 11.1 Å². The van der Waals surface area contributed by atoms with Crippen molar-refractivity contribution in [3.8, 4) is 0 Å². The van der Waals surface area contributed by atoms with Gasteiger partial charge in [-0.1, -0.05) is 35.9 Å². The molecule has 0 aliphatic rings. The third-order valence-corrected chi connectivity index (χ3v) is 3.14. The zero-order valence-electron chi connectivity index (χ0n) is 10.1. The van der Waals surface area contributed by atoms with E-state index in [1.54, 1.807) is 24.3 Å². The summed E-state index contributed by atoms with van der Waals surface area (Å²) < 4.78 is 26.7. The zero-order chi connectivity index (χ0) is 13.8. The summed E-state index contributed by atoms with van der Waals surface area (Å²) in [6, 6.07) is 10.7. The quantitative estimate of drug-likeness (QED) is 0.905. The van der Waals surface area contributed by atoms with Gasteiger partial charge in [0.2, 0.25) is 0 Å². The molecule has 0 aliphatic heterocycles. The Morgan fingerprint density at radius 1 is 1.05 bits per heavy atom. The first-order chi connectivity index (χ1) is 9.06. The van der Waals surface area contributed by atoms with Gasteiger partial charge in [-0.25, -0.2) is 8.78 Å². The molecule has 2 aromatic carbocycles. The summed E-state index contributed by atoms with van der Waals surface area (Å²) in [5, 5.41) is 9.97. The van der Waals surface area contributed by atoms with Gasteiger partial charge in [-0.3, -0.25) is 0 Å². The second-order valence-electron chi connectivity index (χ2n) is 4.40. The smallest absolute Gasteiger partial charge is 0.145 e. The van der Waals surface area contributed by atoms with Crippen LogP contribution < -0.4 is 0 Å². The zero-order valence-corrected chi connectivity index (χ0v) is 10.9. The van der Waals surface area contributed by atoms with Crippen molar-refractivity contribution in [1.29, 1.82) is 0 Å². The Hall–Kier alpha value is -1.45. The van der Waals surface area contributed by atoms with E-state index in [-0.39, 0.29) is 23.7 Å². The van der Waals surface area contributed by atoms with Crippen molar-refractivity contribution in [2.75, 3.05) is 0 Å². The number of rotatable bonds is 4. The first-order valence-corrected chi connectivity index (χ1v) is 6.29. The lowest BCUT2D eigenvalue weighted by atomic mass is 10.0. The third kappa shape index (κ3) is 3.75. The van der Waals surface area contributed by atoms with E-state index >= 15 is 0 Å². The van der Waals surface area contributed by atoms with Crippen molar-refractivity contribution in [3.63, 3.8) is 0 Å². The van der Waals surface area contributed by atoms with Crippen LogP contribution in [0.15, 0.2) is 42.5 Å². The predicted octanol–water partition coefficient (Wildman–Crippen LogP) is 3.76. The molecule has 0 saturated heterocycles. The SMILES string of the molecule is OC(Cc1cccc(F)c1)Cc1cccc(Cl)c1F. The van der Waals surface area contributed by atoms with Crippen LogP contribution in [0.25, 0.3) is 0 Å². The largest absolute Gasteiger partial charge is 0.392 e. The lowest BCUT2D eigenvalue weighted by Crippen LogP contribution is -2.15. The van der Waals surface area contributed by atoms with Crippen molar-refractivity contribution in [2.45, 2.75) is 18.9 Å². The maximum atomic E-state index is 13.7. The number of aliphatic hydroxyl groups excluding tert-OH is 1. The molecule has 2 rings (SSSR count). The Labute approximate surface area is 115 Å². The fourth-order valence-corrected chi connectivity index (χ4v) is 2.16. The highest BCUT2D eigenvalue weighted by Crippen LogP contribution is 2.20. The first-order valence-electron chi connectivity index (χ1n) is 5.91. The molecule has 0 aromatic heterocycles. The molecule has 0 heterocycles. The first kappa shape index (κ1) is 14.0. The lowest BCUT2D eigenvalue weighted by Gasteiger charge is -2.12. The van der Waals surface area contributed by atoms with Gasteiger partial charge in [-0.15, -0.1) is 0 Å². The molecule has 0 radical (unpaired) electrons. The lowest BCUT2D eigenvalue weighted by molar-refractivity contribution is 0.174. The number of benzene rings is 2. The molecule has 0 fully saturated rings. The minimum absolute atomic E-state index is 0.0375. The van der Waals surface area contributed by atoms with E-state index in [1.165, 1.54) is 18.2 Å². The fraction of sp³-hybridized carbons (Fsp3) is 0.200. The number of hydrogen-bond donors (Lipinski definition) is 1. The summed E-state index contributed by atoms with van der Waals surface area (Å²) in [4.78, 5) is 0. The molecule has 100 valence electrons. The van der Waals surface area contributed by atoms with E-state index in [0.717, 1.165) is 0 Å². The molecule has 1 atom stereocenters. The van der Waals surface area contributed by atoms with Crippen molar-refractivity contribution >= 4 is 11.6 Å². The monoisotopic (exact) mass is 282 g/mol. The molecule has 0 saturated carbocycles. The van der Waals surface area contributed by atoms with Crippen molar-refractivity contribution in [3.05, 3.63) is 70.2 Å². The average molecular weight is 283 g/mol. The number of halogens is 3. The van der Waals surface area contributed by atoms with Crippen LogP contribution >= 0.6 is 11.6 Å². The second-order valence-corrected chi connectivity index (χ2v) is 4.81. The molecule has 4 heteroatoms. The summed E-state index contributed by atoms with van der Waals surface area (Å²) in [6.07, 6.45) is -0.373. The van der Waals surface area contributed by atoms with Gasteiger partial charge in [0.1, 0.15) is 11.6 Å². The van der Waals surface area contributed by atoms with Gasteiger partial charge in [-0.05, 0) is 35.7 Å². The maximum absolute atomic E-state index is 13.7. The molecule has 0 bridgehead atoms. The van der Waals surface area contributed by atoms with Gasteiger partial charge >= 0.3 is 0 Å². The Bertz CT molecular complexity index is 572. The molecule has 0 aliphatic carbocycles. The van der Waals surface area contributed by atoms with Crippen LogP contribution in [0.3, 0.4) is 0 Å². The highest BCUT2D eigenvalue weighted by atomic mass is 35.5. The Morgan fingerprint density at radius 3 is 2.53 bits per heavy atom. The van der Waals surface area contributed by atoms with Gasteiger partial charge < -0.3 is 5.11 Å². The standard InChI is InChI=1S/C15H13ClF2O/c16-14-6-2-4-11(15(14)18)9-13(19)8-10-3-1-5-12(17)7-10/h1-7,13,19H,8-9H2. The van der Waals surface area contributed by atoms with E-state index in [4.69, 9.17) is 11.6 Å². The van der Waals surface area contributed by atoms with Crippen LogP contribution in [0.1, 0.15) is 11.1 Å². The predicted molar refractivity (Wildman–Crippen MR) is 71.2 cm³/mol. The van der Waals surface area contributed by atoms with E-state index in [9.17, 15) is 13.9 Å². The second kappa shape index (κ2) is 6.13. The number of aliphatic hydroxyl groups is 1. The van der Waals surface area contributed by atoms with Gasteiger partial charge in [0, 0.05) is 6.42 Å². The Balaban J connectivity index is 2.05. The van der Waals surface area contributed by atoms with E-state index in [2.05, 4.69) is 0 Å². The molecule has 0 amide bonds. The minimum Gasteiger partial charge on any atom is -0.392 e. The topological polar surface area (TPSA) is 20.2 Å². The van der Waals surface area contributed by atoms with Gasteiger partial charge in [-0.2, -0.15) is 0 Å². The Kier molecular flexibility index (Phi) is 4.51. The molecule has 19 heavy (non-hydrogen) atoms. The van der Waals surface area contributed by atoms with E-state index in [1.807, 2.05) is 0 Å². The summed E-state index contributed by atoms with van der Waals surface area (Å²) in [7, 11) is 0. The average Bonchev–Trinajstić information content (AvgIpc) is 2.35. The van der Waals surface area contributed by atoms with Gasteiger partial charge in [0.15, 0.2) is 0 Å². The normalized spacial score (nSPS) is 12.4. The summed E-state index contributed by atoms with van der Waals surface area (Å²) >= 11 is 5.67. The van der Waals surface area contributed by atoms with E-state index < -0.39 is 11.9 Å². The van der Waals surface area contributed by atoms with Gasteiger partial charge in [0.05, 0.1) is 11.1 Å². The molecule has 2 aromatic rings. The molecular formula is C15H13ClF2O. The molecule has 1 unspecified atom stereocenters. The molecular weight excluding hydrogens is 270 g/mol. The van der Waals surface area contributed by atoms with Crippen LogP contribution in [0.2, 0.25) is 5.02 Å². The van der Waals surface area contributed by atoms with Crippen molar-refractivity contribution in [2.24, 2.45) is 0 Å². The fourth-order valence-electron chi connectivity index (χ4n) is 1.97. The van der Waals surface area contributed by atoms with Gasteiger partial charge in [0.25, 0.3) is 0 Å². The number of hydrogen-bond acceptors (Lipinski definition) is 1. The highest BCUT2D eigenvalue weighted by molar-refractivity contribution is 6.30. The van der Waals surface area contributed by atoms with Crippen LogP contribution in [0.5, 0.6) is 0 Å². The summed E-state index contributed by atoms with van der Waals surface area (Å²) in [5.41, 5.74) is 1.03. The molecule has 1 nitrogen and oxygen atoms in total. The Morgan fingerprint density at radius 2 is 1.79 bits per heavy atom. The molecule has 1 N–H and O–H groups in total. The van der Waals surface area contributed by atoms with Crippen molar-refractivity contribution in [1.82, 2.24) is 0 Å². The molecule has 0 spiro atoms. The summed E-state index contributed by atoms with van der Waals surface area (Å²) in [6.45, 7) is 0. The summed E-state index contributed by atoms with van der Waals surface area (Å²) in [5.74, 6) is -0.860. The van der Waals surface area contributed by atoms with Crippen LogP contribution in [-0.4, -0.2) is 11.2 Å². The maximum Gasteiger partial charge on any atom is 0.145 e. The van der Waals surface area contributed by atoms with Crippen LogP contribution in [0, 0.1) is 11.6 Å². The third-order valence-electron chi connectivity index (χ3n) is 2.85. The van der Waals surface area contributed by atoms with Crippen LogP contribution in [0.4, 0.5) is 8.78 Å². The minimum atomic E-state index is -0.783.